The molecule has 1 aromatic carbocycles. The molecule has 4 nitrogen and oxygen atoms in total. The number of hydrogen-bond donors (Lipinski definition) is 0. The third kappa shape index (κ3) is 3.34. The molecule has 2 rings (SSSR count). The highest BCUT2D eigenvalue weighted by Gasteiger charge is 2.21. The fourth-order valence-corrected chi connectivity index (χ4v) is 2.39. The first-order valence-electron chi connectivity index (χ1n) is 6.59. The van der Waals surface area contributed by atoms with Gasteiger partial charge in [-0.15, -0.1) is 0 Å². The Balaban J connectivity index is 2.06. The normalized spacial score (nSPS) is 17.4. The summed E-state index contributed by atoms with van der Waals surface area (Å²) >= 11 is 0. The number of hydrogen-bond acceptors (Lipinski definition) is 4. The van der Waals surface area contributed by atoms with Crippen LogP contribution >= 0.6 is 0 Å². The van der Waals surface area contributed by atoms with Gasteiger partial charge in [0.15, 0.2) is 6.61 Å². The van der Waals surface area contributed by atoms with Crippen LogP contribution in [0.1, 0.15) is 24.5 Å². The van der Waals surface area contributed by atoms with Gasteiger partial charge in [0.05, 0.1) is 6.61 Å². The molecule has 19 heavy (non-hydrogen) atoms. The molecule has 0 heterocycles. The topological polar surface area (TPSA) is 52.6 Å². The van der Waals surface area contributed by atoms with E-state index in [0.29, 0.717) is 6.61 Å². The Hall–Kier alpha value is -1.84. The molecule has 0 radical (unpaired) electrons. The highest BCUT2D eigenvalue weighted by atomic mass is 16.6. The van der Waals surface area contributed by atoms with Gasteiger partial charge < -0.3 is 14.3 Å². The first-order valence-corrected chi connectivity index (χ1v) is 6.59. The predicted molar refractivity (Wildman–Crippen MR) is 70.1 cm³/mol. The third-order valence-electron chi connectivity index (χ3n) is 3.32. The number of benzene rings is 1. The van der Waals surface area contributed by atoms with Crippen LogP contribution in [0.4, 0.5) is 0 Å². The number of carbonyl (C=O) groups is 2. The Morgan fingerprint density at radius 1 is 1.47 bits per heavy atom. The smallest absolute Gasteiger partial charge is 0.344 e. The molecule has 0 spiro atoms. The van der Waals surface area contributed by atoms with E-state index in [4.69, 9.17) is 9.47 Å². The van der Waals surface area contributed by atoms with E-state index in [1.54, 1.807) is 6.92 Å². The summed E-state index contributed by atoms with van der Waals surface area (Å²) in [5.41, 5.74) is 2.26. The number of carbonyl (C=O) groups excluding carboxylic acids is 2. The van der Waals surface area contributed by atoms with Gasteiger partial charge in [0.25, 0.3) is 0 Å². The molecule has 102 valence electrons. The van der Waals surface area contributed by atoms with Gasteiger partial charge in [-0.3, -0.25) is 0 Å². The van der Waals surface area contributed by atoms with Crippen molar-refractivity contribution >= 4 is 12.3 Å². The van der Waals surface area contributed by atoms with E-state index in [1.165, 1.54) is 0 Å². The molecule has 0 aliphatic heterocycles. The minimum absolute atomic E-state index is 0.0681. The Morgan fingerprint density at radius 2 is 2.32 bits per heavy atom. The second-order valence-electron chi connectivity index (χ2n) is 4.63. The highest BCUT2D eigenvalue weighted by Crippen LogP contribution is 2.31. The molecule has 1 aliphatic rings. The quantitative estimate of drug-likeness (QED) is 0.601. The molecule has 0 aromatic heterocycles. The maximum atomic E-state index is 11.3. The summed E-state index contributed by atoms with van der Waals surface area (Å²) in [5, 5.41) is 0. The lowest BCUT2D eigenvalue weighted by molar-refractivity contribution is -0.145. The van der Waals surface area contributed by atoms with E-state index < -0.39 is 0 Å². The lowest BCUT2D eigenvalue weighted by atomic mass is 9.84. The van der Waals surface area contributed by atoms with Crippen LogP contribution in [0.15, 0.2) is 18.2 Å². The fraction of sp³-hybridized carbons (Fsp3) is 0.467. The van der Waals surface area contributed by atoms with Gasteiger partial charge >= 0.3 is 5.97 Å². The number of ether oxygens (including phenoxy) is 2. The van der Waals surface area contributed by atoms with E-state index in [9.17, 15) is 9.59 Å². The number of rotatable bonds is 5. The molecular formula is C15H18O4. The summed E-state index contributed by atoms with van der Waals surface area (Å²) in [4.78, 5) is 22.1. The van der Waals surface area contributed by atoms with Crippen molar-refractivity contribution < 1.29 is 19.1 Å². The van der Waals surface area contributed by atoms with Crippen molar-refractivity contribution in [2.45, 2.75) is 26.2 Å². The van der Waals surface area contributed by atoms with Gasteiger partial charge in [-0.25, -0.2) is 4.79 Å². The zero-order chi connectivity index (χ0) is 13.7. The van der Waals surface area contributed by atoms with Crippen molar-refractivity contribution in [1.82, 2.24) is 0 Å². The van der Waals surface area contributed by atoms with E-state index in [-0.39, 0.29) is 18.5 Å². The Labute approximate surface area is 112 Å². The standard InChI is InChI=1S/C15H18O4/c1-2-18-15(17)10-19-14-5-3-4-12-8-11(9-16)6-7-13(12)14/h3-5,9,11H,2,6-8,10H2,1H3. The molecule has 1 unspecified atom stereocenters. The lowest BCUT2D eigenvalue weighted by Gasteiger charge is -2.22. The van der Waals surface area contributed by atoms with Crippen LogP contribution in [0, 0.1) is 5.92 Å². The molecule has 0 saturated heterocycles. The Kier molecular flexibility index (Phi) is 4.55. The van der Waals surface area contributed by atoms with Crippen molar-refractivity contribution in [3.63, 3.8) is 0 Å². The Bertz CT molecular complexity index is 467. The van der Waals surface area contributed by atoms with Crippen LogP contribution in [0.2, 0.25) is 0 Å². The first kappa shape index (κ1) is 13.6. The third-order valence-corrected chi connectivity index (χ3v) is 3.32. The van der Waals surface area contributed by atoms with Crippen LogP contribution in [0.25, 0.3) is 0 Å². The number of esters is 1. The number of fused-ring (bicyclic) bond motifs is 1. The minimum Gasteiger partial charge on any atom is -0.482 e. The van der Waals surface area contributed by atoms with Gasteiger partial charge in [0.2, 0.25) is 0 Å². The van der Waals surface area contributed by atoms with Crippen molar-refractivity contribution in [1.29, 1.82) is 0 Å². The summed E-state index contributed by atoms with van der Waals surface area (Å²) in [6.45, 7) is 2.05. The highest BCUT2D eigenvalue weighted by molar-refractivity contribution is 5.71. The average molecular weight is 262 g/mol. The molecule has 1 aliphatic carbocycles. The molecule has 0 fully saturated rings. The van der Waals surface area contributed by atoms with Crippen molar-refractivity contribution in [2.24, 2.45) is 5.92 Å². The van der Waals surface area contributed by atoms with Crippen molar-refractivity contribution in [3.05, 3.63) is 29.3 Å². The van der Waals surface area contributed by atoms with Crippen LogP contribution in [-0.2, 0) is 27.2 Å². The van der Waals surface area contributed by atoms with Gasteiger partial charge in [-0.1, -0.05) is 12.1 Å². The van der Waals surface area contributed by atoms with E-state index in [1.807, 2.05) is 18.2 Å². The second-order valence-corrected chi connectivity index (χ2v) is 4.63. The Morgan fingerprint density at radius 3 is 3.05 bits per heavy atom. The molecule has 0 saturated carbocycles. The van der Waals surface area contributed by atoms with Gasteiger partial charge in [-0.05, 0) is 43.4 Å². The monoisotopic (exact) mass is 262 g/mol. The van der Waals surface area contributed by atoms with E-state index in [2.05, 4.69) is 0 Å². The van der Waals surface area contributed by atoms with E-state index in [0.717, 1.165) is 42.4 Å². The van der Waals surface area contributed by atoms with E-state index >= 15 is 0 Å². The number of aldehydes is 1. The molecule has 1 aromatic rings. The molecule has 0 amide bonds. The van der Waals surface area contributed by atoms with Crippen molar-refractivity contribution in [2.75, 3.05) is 13.2 Å². The zero-order valence-corrected chi connectivity index (χ0v) is 11.1. The van der Waals surface area contributed by atoms with Gasteiger partial charge in [-0.2, -0.15) is 0 Å². The van der Waals surface area contributed by atoms with Crippen LogP contribution < -0.4 is 4.74 Å². The molecule has 4 heteroatoms. The first-order chi connectivity index (χ1) is 9.24. The summed E-state index contributed by atoms with van der Waals surface area (Å²) in [7, 11) is 0. The summed E-state index contributed by atoms with van der Waals surface area (Å²) in [6, 6.07) is 5.77. The van der Waals surface area contributed by atoms with Crippen LogP contribution in [0.3, 0.4) is 0 Å². The second kappa shape index (κ2) is 6.36. The maximum Gasteiger partial charge on any atom is 0.344 e. The maximum absolute atomic E-state index is 11.3. The molecular weight excluding hydrogens is 244 g/mol. The van der Waals surface area contributed by atoms with Crippen LogP contribution in [0.5, 0.6) is 5.75 Å². The molecule has 0 N–H and O–H groups in total. The summed E-state index contributed by atoms with van der Waals surface area (Å²) in [5.74, 6) is 0.476. The fourth-order valence-electron chi connectivity index (χ4n) is 2.39. The summed E-state index contributed by atoms with van der Waals surface area (Å²) in [6.07, 6.45) is 3.44. The molecule has 1 atom stereocenters. The van der Waals surface area contributed by atoms with Crippen molar-refractivity contribution in [3.8, 4) is 5.75 Å². The SMILES string of the molecule is CCOC(=O)COc1cccc2c1CCC(C=O)C2. The average Bonchev–Trinajstić information content (AvgIpc) is 2.44. The largest absolute Gasteiger partial charge is 0.482 e. The van der Waals surface area contributed by atoms with Gasteiger partial charge in [0.1, 0.15) is 12.0 Å². The minimum atomic E-state index is -0.360. The predicted octanol–water partition coefficient (Wildman–Crippen LogP) is 1.93. The lowest BCUT2D eigenvalue weighted by Crippen LogP contribution is -2.18. The molecule has 0 bridgehead atoms. The zero-order valence-electron chi connectivity index (χ0n) is 11.1. The van der Waals surface area contributed by atoms with Crippen LogP contribution in [-0.4, -0.2) is 25.5 Å². The van der Waals surface area contributed by atoms with Gasteiger partial charge in [0, 0.05) is 5.92 Å². The summed E-state index contributed by atoms with van der Waals surface area (Å²) < 4.78 is 10.4.